The summed E-state index contributed by atoms with van der Waals surface area (Å²) in [5.74, 6) is 3.31. The van der Waals surface area contributed by atoms with Gasteiger partial charge in [0, 0.05) is 24.9 Å². The van der Waals surface area contributed by atoms with Gasteiger partial charge in [-0.25, -0.2) is 13.8 Å². The van der Waals surface area contributed by atoms with Gasteiger partial charge in [-0.2, -0.15) is 5.10 Å². The topological polar surface area (TPSA) is 63.0 Å². The number of hydrogen-bond acceptors (Lipinski definition) is 4. The minimum absolute atomic E-state index is 0.174. The molecule has 4 rings (SSSR count). The van der Waals surface area contributed by atoms with E-state index in [1.165, 1.54) is 17.1 Å². The third kappa shape index (κ3) is 4.23. The van der Waals surface area contributed by atoms with E-state index in [9.17, 15) is 13.9 Å². The molecule has 0 unspecified atom stereocenters. The highest BCUT2D eigenvalue weighted by Gasteiger charge is 2.59. The van der Waals surface area contributed by atoms with E-state index in [2.05, 4.69) is 27.2 Å². The van der Waals surface area contributed by atoms with Gasteiger partial charge in [0.05, 0.1) is 29.1 Å². The van der Waals surface area contributed by atoms with Crippen molar-refractivity contribution in [3.63, 3.8) is 0 Å². The van der Waals surface area contributed by atoms with Gasteiger partial charge in [-0.15, -0.1) is 0 Å². The van der Waals surface area contributed by atoms with Gasteiger partial charge in [0.1, 0.15) is 11.2 Å². The maximum atomic E-state index is 13.1. The molecule has 2 aliphatic carbocycles. The van der Waals surface area contributed by atoms with E-state index in [0.29, 0.717) is 16.3 Å². The molecule has 0 saturated heterocycles. The Bertz CT molecular complexity index is 897. The normalized spacial score (nSPS) is 26.1. The van der Waals surface area contributed by atoms with Crippen LogP contribution in [0.3, 0.4) is 0 Å². The van der Waals surface area contributed by atoms with Crippen LogP contribution in [0.2, 0.25) is 5.15 Å². The van der Waals surface area contributed by atoms with E-state index in [4.69, 9.17) is 11.6 Å². The Hall–Kier alpha value is -2.17. The van der Waals surface area contributed by atoms with Gasteiger partial charge in [-0.05, 0) is 31.7 Å². The smallest absolute Gasteiger partial charge is 0.272 e. The lowest BCUT2D eigenvalue weighted by Gasteiger charge is -2.27. The molecule has 2 saturated carbocycles. The molecule has 0 amide bonds. The van der Waals surface area contributed by atoms with Gasteiger partial charge in [-0.1, -0.05) is 23.4 Å². The molecule has 27 heavy (non-hydrogen) atoms. The molecule has 2 N–H and O–H groups in total. The Kier molecular flexibility index (Phi) is 4.79. The SMILES string of the molecule is OC1CCC(Nc2cc(Cl)ncc2C#Cc2cnn([C@H]3CC3(F)F)c2)CC1. The summed E-state index contributed by atoms with van der Waals surface area (Å²) in [5.41, 5.74) is 2.03. The molecule has 2 heterocycles. The molecule has 2 aliphatic rings. The summed E-state index contributed by atoms with van der Waals surface area (Å²) in [6.07, 6.45) is 7.50. The summed E-state index contributed by atoms with van der Waals surface area (Å²) in [7, 11) is 0. The third-order valence-electron chi connectivity index (χ3n) is 4.98. The third-order valence-corrected chi connectivity index (χ3v) is 5.19. The second-order valence-corrected chi connectivity index (χ2v) is 7.53. The van der Waals surface area contributed by atoms with Gasteiger partial charge in [-0.3, -0.25) is 4.68 Å². The molecule has 2 fully saturated rings. The Balaban J connectivity index is 1.50. The second kappa shape index (κ2) is 7.10. The van der Waals surface area contributed by atoms with Crippen LogP contribution in [0.15, 0.2) is 24.7 Å². The first-order valence-electron chi connectivity index (χ1n) is 8.95. The molecule has 0 aromatic carbocycles. The van der Waals surface area contributed by atoms with Crippen LogP contribution in [0.5, 0.6) is 0 Å². The highest BCUT2D eigenvalue weighted by atomic mass is 35.5. The van der Waals surface area contributed by atoms with E-state index in [0.717, 1.165) is 31.4 Å². The molecule has 0 aliphatic heterocycles. The number of pyridine rings is 1. The van der Waals surface area contributed by atoms with Crippen LogP contribution in [0.1, 0.15) is 49.3 Å². The average molecular weight is 393 g/mol. The largest absolute Gasteiger partial charge is 0.393 e. The van der Waals surface area contributed by atoms with E-state index < -0.39 is 12.0 Å². The Morgan fingerprint density at radius 3 is 2.67 bits per heavy atom. The van der Waals surface area contributed by atoms with E-state index >= 15 is 0 Å². The lowest BCUT2D eigenvalue weighted by molar-refractivity contribution is 0.0983. The maximum absolute atomic E-state index is 13.1. The fraction of sp³-hybridized carbons (Fsp3) is 0.474. The molecule has 0 radical (unpaired) electrons. The molecule has 0 bridgehead atoms. The van der Waals surface area contributed by atoms with Crippen molar-refractivity contribution in [3.05, 3.63) is 40.9 Å². The van der Waals surface area contributed by atoms with E-state index in [-0.39, 0.29) is 18.6 Å². The van der Waals surface area contributed by atoms with E-state index in [1.54, 1.807) is 12.3 Å². The molecule has 142 valence electrons. The molecule has 1 atom stereocenters. The zero-order chi connectivity index (χ0) is 19.0. The van der Waals surface area contributed by atoms with Gasteiger partial charge in [0.2, 0.25) is 0 Å². The molecule has 2 aromatic heterocycles. The fourth-order valence-electron chi connectivity index (χ4n) is 3.29. The molecule has 0 spiro atoms. The number of aliphatic hydroxyl groups excluding tert-OH is 1. The lowest BCUT2D eigenvalue weighted by atomic mass is 9.93. The van der Waals surface area contributed by atoms with Crippen molar-refractivity contribution in [1.29, 1.82) is 0 Å². The first kappa shape index (κ1) is 18.2. The second-order valence-electron chi connectivity index (χ2n) is 7.14. The molecule has 5 nitrogen and oxygen atoms in total. The number of alkyl halides is 2. The molecular weight excluding hydrogens is 374 g/mol. The number of nitrogens with one attached hydrogen (secondary N) is 1. The minimum atomic E-state index is -2.67. The van der Waals surface area contributed by atoms with Gasteiger partial charge >= 0.3 is 0 Å². The van der Waals surface area contributed by atoms with Crippen molar-refractivity contribution in [1.82, 2.24) is 14.8 Å². The van der Waals surface area contributed by atoms with Crippen LogP contribution in [-0.4, -0.2) is 37.9 Å². The predicted molar refractivity (Wildman–Crippen MR) is 97.9 cm³/mol. The van der Waals surface area contributed by atoms with Crippen molar-refractivity contribution >= 4 is 17.3 Å². The summed E-state index contributed by atoms with van der Waals surface area (Å²) >= 11 is 6.02. The number of anilines is 1. The summed E-state index contributed by atoms with van der Waals surface area (Å²) < 4.78 is 27.6. The summed E-state index contributed by atoms with van der Waals surface area (Å²) in [6.45, 7) is 0. The van der Waals surface area contributed by atoms with Gasteiger partial charge in [0.15, 0.2) is 0 Å². The number of aromatic nitrogens is 3. The minimum Gasteiger partial charge on any atom is -0.393 e. The summed E-state index contributed by atoms with van der Waals surface area (Å²) in [5, 5.41) is 17.4. The Labute approximate surface area is 160 Å². The van der Waals surface area contributed by atoms with Crippen LogP contribution in [0, 0.1) is 11.8 Å². The maximum Gasteiger partial charge on any atom is 0.272 e. The van der Waals surface area contributed by atoms with Gasteiger partial charge in [0.25, 0.3) is 5.92 Å². The van der Waals surface area contributed by atoms with Crippen LogP contribution in [0.4, 0.5) is 14.5 Å². The zero-order valence-electron chi connectivity index (χ0n) is 14.5. The highest BCUT2D eigenvalue weighted by molar-refractivity contribution is 6.29. The number of nitrogens with zero attached hydrogens (tertiary/aromatic N) is 3. The number of aliphatic hydroxyl groups is 1. The average Bonchev–Trinajstić information content (AvgIpc) is 3.04. The van der Waals surface area contributed by atoms with Crippen molar-refractivity contribution in [2.24, 2.45) is 0 Å². The monoisotopic (exact) mass is 392 g/mol. The number of rotatable bonds is 3. The van der Waals surface area contributed by atoms with Crippen LogP contribution < -0.4 is 5.32 Å². The first-order valence-corrected chi connectivity index (χ1v) is 9.33. The van der Waals surface area contributed by atoms with Crippen molar-refractivity contribution in [2.75, 3.05) is 5.32 Å². The number of hydrogen-bond donors (Lipinski definition) is 2. The van der Waals surface area contributed by atoms with Crippen LogP contribution >= 0.6 is 11.6 Å². The molecule has 8 heteroatoms. The fourth-order valence-corrected chi connectivity index (χ4v) is 3.45. The van der Waals surface area contributed by atoms with Gasteiger partial charge < -0.3 is 10.4 Å². The number of halogens is 3. The Morgan fingerprint density at radius 1 is 1.22 bits per heavy atom. The summed E-state index contributed by atoms with van der Waals surface area (Å²) in [6, 6.07) is 1.11. The Morgan fingerprint density at radius 2 is 1.96 bits per heavy atom. The zero-order valence-corrected chi connectivity index (χ0v) is 15.3. The quantitative estimate of drug-likeness (QED) is 0.618. The van der Waals surface area contributed by atoms with Crippen LogP contribution in [-0.2, 0) is 0 Å². The standard InChI is InChI=1S/C19H19ClF2N4O/c20-18-7-16(25-14-3-5-15(27)6-4-14)13(10-23-18)2-1-12-9-24-26(11-12)17-8-19(17,21)22/h7,9-11,14-15,17,27H,3-6,8H2,(H,23,25)/t14?,15?,17-/m0/s1. The van der Waals surface area contributed by atoms with Crippen molar-refractivity contribution in [2.45, 2.75) is 56.2 Å². The van der Waals surface area contributed by atoms with E-state index in [1.807, 2.05) is 0 Å². The lowest BCUT2D eigenvalue weighted by Crippen LogP contribution is -2.28. The first-order chi connectivity index (χ1) is 12.9. The molecular formula is C19H19ClF2N4O. The van der Waals surface area contributed by atoms with Crippen LogP contribution in [0.25, 0.3) is 0 Å². The predicted octanol–water partition coefficient (Wildman–Crippen LogP) is 3.63. The summed E-state index contributed by atoms with van der Waals surface area (Å²) in [4.78, 5) is 4.08. The molecule has 2 aromatic rings. The van der Waals surface area contributed by atoms with Crippen molar-refractivity contribution in [3.8, 4) is 11.8 Å². The van der Waals surface area contributed by atoms with Crippen molar-refractivity contribution < 1.29 is 13.9 Å². The highest BCUT2D eigenvalue weighted by Crippen LogP contribution is 2.52.